The number of carbonyl (C=O) groups excluding carboxylic acids is 1. The minimum absolute atomic E-state index is 0.0705. The Labute approximate surface area is 239 Å². The number of likely N-dealkylation sites (N-methyl/N-ethyl adjacent to an activating group) is 1. The second-order valence-electron chi connectivity index (χ2n) is 10.4. The van der Waals surface area contributed by atoms with E-state index in [0.29, 0.717) is 35.7 Å². The van der Waals surface area contributed by atoms with Crippen LogP contribution in [0.4, 0.5) is 18.9 Å². The molecule has 1 aliphatic heterocycles. The number of halogens is 3. The van der Waals surface area contributed by atoms with Gasteiger partial charge in [-0.25, -0.2) is 14.2 Å². The van der Waals surface area contributed by atoms with Gasteiger partial charge in [-0.3, -0.25) is 9.69 Å². The van der Waals surface area contributed by atoms with Crippen LogP contribution in [0.25, 0.3) is 22.6 Å². The number of hydrogen-bond donors (Lipinski definition) is 1. The first-order chi connectivity index (χ1) is 20.1. The van der Waals surface area contributed by atoms with E-state index in [1.165, 1.54) is 12.1 Å². The first-order valence-corrected chi connectivity index (χ1v) is 13.4. The quantitative estimate of drug-likeness (QED) is 0.323. The number of rotatable bonds is 6. The second kappa shape index (κ2) is 11.0. The number of aryl methyl sites for hydroxylation is 1. The third-order valence-corrected chi connectivity index (χ3v) is 7.42. The van der Waals surface area contributed by atoms with Gasteiger partial charge in [0.2, 0.25) is 0 Å². The van der Waals surface area contributed by atoms with E-state index in [1.54, 1.807) is 58.3 Å². The zero-order chi connectivity index (χ0) is 29.4. The van der Waals surface area contributed by atoms with E-state index < -0.39 is 17.6 Å². The van der Waals surface area contributed by atoms with Crippen LogP contribution in [-0.4, -0.2) is 78.5 Å². The van der Waals surface area contributed by atoms with Gasteiger partial charge >= 0.3 is 6.18 Å². The van der Waals surface area contributed by atoms with Gasteiger partial charge in [-0.05, 0) is 49.4 Å². The number of piperazine rings is 1. The smallest absolute Gasteiger partial charge is 0.322 e. The maximum Gasteiger partial charge on any atom is 0.416 e. The molecule has 1 N–H and O–H groups in total. The monoisotopic (exact) mass is 575 g/mol. The van der Waals surface area contributed by atoms with Crippen molar-refractivity contribution in [2.45, 2.75) is 19.6 Å². The Kier molecular flexibility index (Phi) is 7.21. The van der Waals surface area contributed by atoms with Crippen molar-refractivity contribution in [3.05, 3.63) is 89.5 Å². The summed E-state index contributed by atoms with van der Waals surface area (Å²) >= 11 is 0. The Balaban J connectivity index is 1.22. The Bertz CT molecular complexity index is 1750. The van der Waals surface area contributed by atoms with E-state index in [0.717, 1.165) is 24.7 Å². The van der Waals surface area contributed by atoms with Gasteiger partial charge in [0.05, 0.1) is 23.6 Å². The summed E-state index contributed by atoms with van der Waals surface area (Å²) in [6.07, 6.45) is 2.27. The maximum atomic E-state index is 14.0. The molecule has 42 heavy (non-hydrogen) atoms. The van der Waals surface area contributed by atoms with E-state index in [1.807, 2.05) is 18.9 Å². The van der Waals surface area contributed by atoms with Gasteiger partial charge in [-0.2, -0.15) is 18.3 Å². The molecular weight excluding hydrogens is 547 g/mol. The maximum absolute atomic E-state index is 14.0. The van der Waals surface area contributed by atoms with Crippen LogP contribution < -0.4 is 5.32 Å². The Morgan fingerprint density at radius 1 is 1.02 bits per heavy atom. The average molecular weight is 576 g/mol. The van der Waals surface area contributed by atoms with E-state index in [-0.39, 0.29) is 23.4 Å². The van der Waals surface area contributed by atoms with Crippen molar-refractivity contribution in [1.82, 2.24) is 39.4 Å². The Hall–Kier alpha value is -4.62. The van der Waals surface area contributed by atoms with Gasteiger partial charge < -0.3 is 10.2 Å². The predicted octanol–water partition coefficient (Wildman–Crippen LogP) is 4.30. The van der Waals surface area contributed by atoms with Crippen LogP contribution >= 0.6 is 0 Å². The highest BCUT2D eigenvalue weighted by Crippen LogP contribution is 2.35. The lowest BCUT2D eigenvalue weighted by atomic mass is 10.0. The number of benzene rings is 2. The summed E-state index contributed by atoms with van der Waals surface area (Å²) in [5, 5.41) is 15.3. The third-order valence-electron chi connectivity index (χ3n) is 7.42. The minimum Gasteiger partial charge on any atom is -0.322 e. The highest BCUT2D eigenvalue weighted by Gasteiger charge is 2.34. The van der Waals surface area contributed by atoms with Crippen LogP contribution in [0.5, 0.6) is 0 Å². The molecule has 6 rings (SSSR count). The van der Waals surface area contributed by atoms with Crippen LogP contribution in [0, 0.1) is 6.92 Å². The summed E-state index contributed by atoms with van der Waals surface area (Å²) in [5.74, 6) is -0.537. The van der Waals surface area contributed by atoms with Crippen molar-refractivity contribution in [3.8, 4) is 16.9 Å². The standard InChI is InChI=1S/C29H28F3N9O/c1-19-3-4-20(13-26(19)40-18-25(36-37-40)22-15-33-27-7-8-34-41(27)17-22)28(42)35-23-6-5-21(24(14-23)29(30,31)32)16-39-11-9-38(2)10-12-39/h3-8,13-15,17-18H,9-12,16H2,1-2H3,(H,35,42). The molecule has 0 radical (unpaired) electrons. The average Bonchev–Trinajstić information content (AvgIpc) is 3.64. The summed E-state index contributed by atoms with van der Waals surface area (Å²) in [5.41, 5.74) is 3.18. The molecule has 1 aliphatic rings. The lowest BCUT2D eigenvalue weighted by Gasteiger charge is -2.33. The van der Waals surface area contributed by atoms with Gasteiger partial charge in [0.25, 0.3) is 5.91 Å². The largest absolute Gasteiger partial charge is 0.416 e. The fourth-order valence-electron chi connectivity index (χ4n) is 4.96. The van der Waals surface area contributed by atoms with Crippen LogP contribution in [0.15, 0.2) is 67.3 Å². The highest BCUT2D eigenvalue weighted by molar-refractivity contribution is 6.04. The minimum atomic E-state index is -4.55. The molecule has 0 unspecified atom stereocenters. The molecule has 0 atom stereocenters. The lowest BCUT2D eigenvalue weighted by molar-refractivity contribution is -0.138. The van der Waals surface area contributed by atoms with Crippen LogP contribution in [0.3, 0.4) is 0 Å². The molecule has 2 aromatic carbocycles. The summed E-state index contributed by atoms with van der Waals surface area (Å²) in [6, 6.07) is 10.8. The third kappa shape index (κ3) is 5.74. The molecule has 216 valence electrons. The van der Waals surface area contributed by atoms with Gasteiger partial charge in [0.15, 0.2) is 5.65 Å². The molecule has 3 aromatic heterocycles. The van der Waals surface area contributed by atoms with Crippen molar-refractivity contribution >= 4 is 17.2 Å². The summed E-state index contributed by atoms with van der Waals surface area (Å²) in [6.45, 7) is 5.08. The molecule has 0 aliphatic carbocycles. The van der Waals surface area contributed by atoms with Crippen LogP contribution in [0.2, 0.25) is 0 Å². The van der Waals surface area contributed by atoms with Crippen molar-refractivity contribution < 1.29 is 18.0 Å². The number of carbonyl (C=O) groups is 1. The summed E-state index contributed by atoms with van der Waals surface area (Å²) in [4.78, 5) is 21.7. The number of amides is 1. The first-order valence-electron chi connectivity index (χ1n) is 13.4. The lowest BCUT2D eigenvalue weighted by Crippen LogP contribution is -2.44. The molecular formula is C29H28F3N9O. The van der Waals surface area contributed by atoms with E-state index in [2.05, 4.69) is 30.6 Å². The topological polar surface area (TPSA) is 96.5 Å². The van der Waals surface area contributed by atoms with Gasteiger partial charge in [-0.15, -0.1) is 5.10 Å². The number of hydrogen-bond acceptors (Lipinski definition) is 7. The fourth-order valence-corrected chi connectivity index (χ4v) is 4.96. The molecule has 10 nitrogen and oxygen atoms in total. The summed E-state index contributed by atoms with van der Waals surface area (Å²) < 4.78 is 45.2. The molecule has 4 heterocycles. The van der Waals surface area contributed by atoms with Gasteiger partial charge in [-0.1, -0.05) is 17.3 Å². The van der Waals surface area contributed by atoms with Crippen molar-refractivity contribution in [3.63, 3.8) is 0 Å². The first kappa shape index (κ1) is 27.5. The normalized spacial score (nSPS) is 14.9. The summed E-state index contributed by atoms with van der Waals surface area (Å²) in [7, 11) is 2.00. The molecule has 0 spiro atoms. The van der Waals surface area contributed by atoms with Crippen molar-refractivity contribution in [1.29, 1.82) is 0 Å². The predicted molar refractivity (Wildman–Crippen MR) is 150 cm³/mol. The number of alkyl halides is 3. The van der Waals surface area contributed by atoms with E-state index in [4.69, 9.17) is 0 Å². The number of anilines is 1. The molecule has 0 bridgehead atoms. The zero-order valence-electron chi connectivity index (χ0n) is 23.0. The number of nitrogens with one attached hydrogen (secondary N) is 1. The van der Waals surface area contributed by atoms with Crippen LogP contribution in [-0.2, 0) is 12.7 Å². The molecule has 1 amide bonds. The fraction of sp³-hybridized carbons (Fsp3) is 0.276. The molecule has 0 saturated carbocycles. The molecule has 5 aromatic rings. The SMILES string of the molecule is Cc1ccc(C(=O)Nc2ccc(CN3CCN(C)CC3)c(C(F)(F)F)c2)cc1-n1cc(-c2cnc3ccnn3c2)nn1. The number of fused-ring (bicyclic) bond motifs is 1. The molecule has 13 heteroatoms. The van der Waals surface area contributed by atoms with Gasteiger partial charge in [0.1, 0.15) is 5.69 Å². The number of aromatic nitrogens is 6. The molecule has 1 saturated heterocycles. The van der Waals surface area contributed by atoms with E-state index >= 15 is 0 Å². The second-order valence-corrected chi connectivity index (χ2v) is 10.4. The zero-order valence-corrected chi connectivity index (χ0v) is 23.0. The van der Waals surface area contributed by atoms with E-state index in [9.17, 15) is 18.0 Å². The Morgan fingerprint density at radius 3 is 2.62 bits per heavy atom. The van der Waals surface area contributed by atoms with Crippen molar-refractivity contribution in [2.75, 3.05) is 38.5 Å². The van der Waals surface area contributed by atoms with Gasteiger partial charge in [0, 0.05) is 68.0 Å². The highest BCUT2D eigenvalue weighted by atomic mass is 19.4. The molecule has 1 fully saturated rings. The van der Waals surface area contributed by atoms with Crippen LogP contribution in [0.1, 0.15) is 27.0 Å². The number of nitrogens with zero attached hydrogens (tertiary/aromatic N) is 8. The Morgan fingerprint density at radius 2 is 1.83 bits per heavy atom. The van der Waals surface area contributed by atoms with Crippen molar-refractivity contribution in [2.24, 2.45) is 0 Å².